The monoisotopic (exact) mass is 368 g/mol. The van der Waals surface area contributed by atoms with Crippen molar-refractivity contribution in [2.45, 2.75) is 96.3 Å². The molecule has 0 aromatic carbocycles. The number of rotatable bonds is 11. The fourth-order valence-corrected chi connectivity index (χ4v) is 3.84. The van der Waals surface area contributed by atoms with E-state index in [4.69, 9.17) is 0 Å². The van der Waals surface area contributed by atoms with Crippen molar-refractivity contribution in [1.82, 2.24) is 15.0 Å². The van der Waals surface area contributed by atoms with Gasteiger partial charge < -0.3 is 10.0 Å². The van der Waals surface area contributed by atoms with Crippen LogP contribution in [-0.4, -0.2) is 43.5 Å². The van der Waals surface area contributed by atoms with Crippen LogP contribution in [0.2, 0.25) is 0 Å². The quantitative estimate of drug-likeness (QED) is 0.451. The van der Waals surface area contributed by atoms with Gasteiger partial charge in [-0.05, 0) is 41.0 Å². The van der Waals surface area contributed by atoms with Gasteiger partial charge in [0.2, 0.25) is 5.95 Å². The summed E-state index contributed by atoms with van der Waals surface area (Å²) < 4.78 is 0. The third kappa shape index (κ3) is 7.48. The average Bonchev–Trinajstić information content (AvgIpc) is 2.53. The lowest BCUT2D eigenvalue weighted by atomic mass is 9.96. The molecule has 1 aromatic rings. The molecule has 0 spiro atoms. The van der Waals surface area contributed by atoms with Crippen LogP contribution >= 0.6 is 11.8 Å². The summed E-state index contributed by atoms with van der Waals surface area (Å²) in [5, 5.41) is 10.6. The Morgan fingerprint density at radius 2 is 1.64 bits per heavy atom. The summed E-state index contributed by atoms with van der Waals surface area (Å²) in [6, 6.07) is 0. The lowest BCUT2D eigenvalue weighted by Crippen LogP contribution is -2.57. The van der Waals surface area contributed by atoms with Gasteiger partial charge >= 0.3 is 0 Å². The molecule has 144 valence electrons. The molecule has 0 fully saturated rings. The van der Waals surface area contributed by atoms with Gasteiger partial charge in [-0.25, -0.2) is 9.97 Å². The van der Waals surface area contributed by atoms with Crippen molar-refractivity contribution >= 4 is 17.7 Å². The minimum atomic E-state index is -0.444. The lowest BCUT2D eigenvalue weighted by molar-refractivity contribution is 0.190. The molecule has 0 saturated carbocycles. The number of thioether (sulfide) groups is 1. The van der Waals surface area contributed by atoms with Crippen molar-refractivity contribution < 1.29 is 5.11 Å². The predicted octanol–water partition coefficient (Wildman–Crippen LogP) is 4.70. The van der Waals surface area contributed by atoms with E-state index in [-0.39, 0.29) is 12.1 Å². The molecular weight excluding hydrogens is 332 g/mol. The molecule has 0 unspecified atom stereocenters. The summed E-state index contributed by atoms with van der Waals surface area (Å²) >= 11 is 1.69. The number of unbranched alkanes of at least 4 members (excludes halogenated alkanes) is 5. The van der Waals surface area contributed by atoms with Crippen LogP contribution in [-0.2, 0) is 0 Å². The van der Waals surface area contributed by atoms with Crippen molar-refractivity contribution in [3.05, 3.63) is 6.33 Å². The van der Waals surface area contributed by atoms with E-state index in [0.717, 1.165) is 10.9 Å². The van der Waals surface area contributed by atoms with Crippen LogP contribution in [0.5, 0.6) is 0 Å². The maximum atomic E-state index is 9.80. The van der Waals surface area contributed by atoms with Crippen molar-refractivity contribution in [3.8, 4) is 0 Å². The number of aliphatic hydroxyl groups excluding tert-OH is 1. The van der Waals surface area contributed by atoms with Gasteiger partial charge in [0.1, 0.15) is 6.33 Å². The molecule has 0 radical (unpaired) electrons. The van der Waals surface area contributed by atoms with Gasteiger partial charge in [-0.2, -0.15) is 4.98 Å². The number of nitrogens with zero attached hydrogens (tertiary/aromatic N) is 4. The number of hydrogen-bond acceptors (Lipinski definition) is 6. The summed E-state index contributed by atoms with van der Waals surface area (Å²) in [5.74, 6) is 1.67. The summed E-state index contributed by atoms with van der Waals surface area (Å²) in [4.78, 5) is 15.4. The number of aromatic nitrogens is 3. The van der Waals surface area contributed by atoms with E-state index < -0.39 is 5.54 Å². The van der Waals surface area contributed by atoms with Gasteiger partial charge in [0.05, 0.1) is 12.1 Å². The SMILES string of the molecule is CCCCCCCCSc1ncnc(N(C(C)(C)C)C(C)(C)CO)n1. The van der Waals surface area contributed by atoms with E-state index in [1.54, 1.807) is 18.1 Å². The molecule has 1 N–H and O–H groups in total. The molecule has 1 rings (SSSR count). The normalized spacial score (nSPS) is 12.4. The zero-order valence-electron chi connectivity index (χ0n) is 16.9. The van der Waals surface area contributed by atoms with E-state index in [0.29, 0.717) is 5.95 Å². The summed E-state index contributed by atoms with van der Waals surface area (Å²) in [6.07, 6.45) is 9.34. The van der Waals surface area contributed by atoms with E-state index in [1.807, 2.05) is 13.8 Å². The van der Waals surface area contributed by atoms with Gasteiger partial charge in [-0.1, -0.05) is 50.8 Å². The highest BCUT2D eigenvalue weighted by Crippen LogP contribution is 2.30. The van der Waals surface area contributed by atoms with E-state index in [2.05, 4.69) is 47.5 Å². The Labute approximate surface area is 158 Å². The Morgan fingerprint density at radius 1 is 1.00 bits per heavy atom. The van der Waals surface area contributed by atoms with Crippen LogP contribution in [0.4, 0.5) is 5.95 Å². The zero-order valence-corrected chi connectivity index (χ0v) is 17.7. The fourth-order valence-electron chi connectivity index (χ4n) is 3.05. The second kappa shape index (κ2) is 10.3. The van der Waals surface area contributed by atoms with Crippen LogP contribution in [0.15, 0.2) is 11.5 Å². The van der Waals surface area contributed by atoms with Crippen molar-refractivity contribution in [2.24, 2.45) is 0 Å². The van der Waals surface area contributed by atoms with E-state index >= 15 is 0 Å². The van der Waals surface area contributed by atoms with Gasteiger partial charge in [0, 0.05) is 11.3 Å². The van der Waals surface area contributed by atoms with Crippen molar-refractivity contribution in [1.29, 1.82) is 0 Å². The summed E-state index contributed by atoms with van der Waals surface area (Å²) in [6.45, 7) is 12.6. The maximum Gasteiger partial charge on any atom is 0.230 e. The summed E-state index contributed by atoms with van der Waals surface area (Å²) in [7, 11) is 0. The highest BCUT2D eigenvalue weighted by molar-refractivity contribution is 7.99. The van der Waals surface area contributed by atoms with Crippen molar-refractivity contribution in [2.75, 3.05) is 17.3 Å². The Hall–Kier alpha value is -0.880. The zero-order chi connectivity index (χ0) is 18.9. The van der Waals surface area contributed by atoms with Crippen molar-refractivity contribution in [3.63, 3.8) is 0 Å². The van der Waals surface area contributed by atoms with E-state index in [1.165, 1.54) is 38.5 Å². The Balaban J connectivity index is 2.69. The molecule has 5 nitrogen and oxygen atoms in total. The molecule has 0 aliphatic carbocycles. The third-order valence-electron chi connectivity index (χ3n) is 4.13. The highest BCUT2D eigenvalue weighted by Gasteiger charge is 2.36. The molecule has 0 bridgehead atoms. The van der Waals surface area contributed by atoms with Gasteiger partial charge in [-0.3, -0.25) is 0 Å². The second-order valence-electron chi connectivity index (χ2n) is 8.16. The van der Waals surface area contributed by atoms with Gasteiger partial charge in [0.15, 0.2) is 5.16 Å². The minimum Gasteiger partial charge on any atom is -0.394 e. The van der Waals surface area contributed by atoms with Crippen LogP contribution in [0.3, 0.4) is 0 Å². The standard InChI is InChI=1S/C19H36N4OS/c1-7-8-9-10-11-12-13-25-17-21-15-20-16(22-17)23(18(2,3)4)19(5,6)14-24/h15,24H,7-14H2,1-6H3. The van der Waals surface area contributed by atoms with Gasteiger partial charge in [0.25, 0.3) is 0 Å². The van der Waals surface area contributed by atoms with Crippen LogP contribution < -0.4 is 4.90 Å². The molecule has 0 amide bonds. The molecule has 0 aliphatic heterocycles. The smallest absolute Gasteiger partial charge is 0.230 e. The topological polar surface area (TPSA) is 62.1 Å². The number of aliphatic hydroxyl groups is 1. The third-order valence-corrected chi connectivity index (χ3v) is 5.08. The molecule has 1 aromatic heterocycles. The first-order chi connectivity index (χ1) is 11.7. The highest BCUT2D eigenvalue weighted by atomic mass is 32.2. The lowest BCUT2D eigenvalue weighted by Gasteiger charge is -2.46. The molecular formula is C19H36N4OS. The van der Waals surface area contributed by atoms with E-state index in [9.17, 15) is 5.11 Å². The Morgan fingerprint density at radius 3 is 2.24 bits per heavy atom. The first kappa shape index (κ1) is 22.2. The Bertz CT molecular complexity index is 502. The number of anilines is 1. The largest absolute Gasteiger partial charge is 0.394 e. The van der Waals surface area contributed by atoms with Crippen LogP contribution in [0.1, 0.15) is 80.1 Å². The number of hydrogen-bond donors (Lipinski definition) is 1. The molecule has 1 heterocycles. The summed E-state index contributed by atoms with van der Waals surface area (Å²) in [5.41, 5.74) is -0.643. The molecule has 0 saturated heterocycles. The van der Waals surface area contributed by atoms with Crippen LogP contribution in [0.25, 0.3) is 0 Å². The Kier molecular flexibility index (Phi) is 9.14. The second-order valence-corrected chi connectivity index (χ2v) is 9.22. The van der Waals surface area contributed by atoms with Gasteiger partial charge in [-0.15, -0.1) is 0 Å². The first-order valence-electron chi connectivity index (χ1n) is 9.45. The molecule has 0 atom stereocenters. The molecule has 25 heavy (non-hydrogen) atoms. The average molecular weight is 369 g/mol. The first-order valence-corrected chi connectivity index (χ1v) is 10.4. The predicted molar refractivity (Wildman–Crippen MR) is 107 cm³/mol. The maximum absolute atomic E-state index is 9.80. The molecule has 6 heteroatoms. The fraction of sp³-hybridized carbons (Fsp3) is 0.842. The molecule has 0 aliphatic rings. The minimum absolute atomic E-state index is 0.0379. The van der Waals surface area contributed by atoms with Crippen LogP contribution in [0, 0.1) is 0 Å².